The minimum absolute atomic E-state index is 0.0210. The van der Waals surface area contributed by atoms with Gasteiger partial charge < -0.3 is 14.6 Å². The molecule has 1 aliphatic heterocycles. The molecule has 2 heterocycles. The van der Waals surface area contributed by atoms with Crippen molar-refractivity contribution in [2.45, 2.75) is 52.0 Å². The lowest BCUT2D eigenvalue weighted by atomic mass is 9.95. The molecule has 1 aliphatic carbocycles. The Bertz CT molecular complexity index is 1100. The molecule has 7 nitrogen and oxygen atoms in total. The van der Waals surface area contributed by atoms with Gasteiger partial charge in [-0.2, -0.15) is 5.26 Å². The number of hydrogen-bond acceptors (Lipinski definition) is 4. The van der Waals surface area contributed by atoms with Crippen LogP contribution in [0.25, 0.3) is 6.08 Å². The van der Waals surface area contributed by atoms with Crippen LogP contribution in [0.2, 0.25) is 0 Å². The van der Waals surface area contributed by atoms with Crippen molar-refractivity contribution in [1.82, 2.24) is 4.57 Å². The molecule has 1 saturated heterocycles. The highest BCUT2D eigenvalue weighted by Crippen LogP contribution is 2.33. The van der Waals surface area contributed by atoms with Crippen LogP contribution in [0.5, 0.6) is 0 Å². The number of anilines is 2. The smallest absolute Gasteiger partial charge is 0.414 e. The van der Waals surface area contributed by atoms with Crippen LogP contribution in [0, 0.1) is 25.2 Å². The van der Waals surface area contributed by atoms with Crippen molar-refractivity contribution >= 4 is 29.5 Å². The average molecular weight is 433 g/mol. The predicted octanol–water partition coefficient (Wildman–Crippen LogP) is 5.11. The molecule has 1 saturated carbocycles. The largest absolute Gasteiger partial charge is 0.447 e. The molecule has 2 fully saturated rings. The minimum atomic E-state index is -0.505. The van der Waals surface area contributed by atoms with E-state index in [9.17, 15) is 14.9 Å². The van der Waals surface area contributed by atoms with Crippen molar-refractivity contribution in [3.05, 3.63) is 52.9 Å². The highest BCUT2D eigenvalue weighted by Gasteiger charge is 2.26. The summed E-state index contributed by atoms with van der Waals surface area (Å²) in [6.07, 6.45) is 7.31. The molecule has 0 atom stereocenters. The summed E-state index contributed by atoms with van der Waals surface area (Å²) < 4.78 is 7.37. The average Bonchev–Trinajstić information content (AvgIpc) is 3.34. The van der Waals surface area contributed by atoms with E-state index in [0.29, 0.717) is 30.6 Å². The first-order valence-corrected chi connectivity index (χ1v) is 11.1. The van der Waals surface area contributed by atoms with Gasteiger partial charge in [-0.15, -0.1) is 0 Å². The molecule has 2 aliphatic rings. The molecule has 0 radical (unpaired) electrons. The van der Waals surface area contributed by atoms with Gasteiger partial charge in [0.2, 0.25) is 0 Å². The normalized spacial score (nSPS) is 17.2. The van der Waals surface area contributed by atoms with Crippen LogP contribution in [0.15, 0.2) is 35.9 Å². The molecule has 2 aromatic rings. The van der Waals surface area contributed by atoms with Crippen LogP contribution in [0.1, 0.15) is 55.1 Å². The van der Waals surface area contributed by atoms with Gasteiger partial charge in [0.15, 0.2) is 0 Å². The molecule has 1 N–H and O–H groups in total. The zero-order valence-corrected chi connectivity index (χ0v) is 18.6. The van der Waals surface area contributed by atoms with E-state index in [4.69, 9.17) is 4.74 Å². The van der Waals surface area contributed by atoms with E-state index in [2.05, 4.69) is 23.7 Å². The Morgan fingerprint density at radius 2 is 1.97 bits per heavy atom. The van der Waals surface area contributed by atoms with Gasteiger partial charge in [0, 0.05) is 17.4 Å². The summed E-state index contributed by atoms with van der Waals surface area (Å²) in [5, 5.41) is 12.5. The Labute approximate surface area is 188 Å². The Morgan fingerprint density at radius 3 is 2.66 bits per heavy atom. The van der Waals surface area contributed by atoms with E-state index in [1.165, 1.54) is 37.0 Å². The Morgan fingerprint density at radius 1 is 1.22 bits per heavy atom. The first-order chi connectivity index (χ1) is 15.5. The maximum atomic E-state index is 13.0. The van der Waals surface area contributed by atoms with Crippen LogP contribution < -0.4 is 10.2 Å². The number of aryl methyl sites for hydroxylation is 1. The third kappa shape index (κ3) is 4.26. The number of rotatable bonds is 5. The van der Waals surface area contributed by atoms with Crippen molar-refractivity contribution in [3.8, 4) is 6.07 Å². The van der Waals surface area contributed by atoms with Crippen LogP contribution in [-0.4, -0.2) is 29.7 Å². The fourth-order valence-electron chi connectivity index (χ4n) is 4.77. The fourth-order valence-corrected chi connectivity index (χ4v) is 4.77. The number of carbonyl (C=O) groups excluding carboxylic acids is 2. The molecule has 32 heavy (non-hydrogen) atoms. The first-order valence-electron chi connectivity index (χ1n) is 11.1. The highest BCUT2D eigenvalue weighted by molar-refractivity contribution is 6.11. The number of cyclic esters (lactones) is 1. The topological polar surface area (TPSA) is 87.4 Å². The number of aromatic nitrogens is 1. The van der Waals surface area contributed by atoms with Gasteiger partial charge in [0.05, 0.1) is 17.9 Å². The standard InChI is InChI=1S/C25H28N4O3/c1-17-14-19(18(2)29(17)21-8-4-3-5-9-21)15-20(16-26)24(30)27-22-10-6-7-11-23(22)28-12-13-32-25(28)31/h6-7,10-11,14-15,21H,3-5,8-9,12-13H2,1-2H3,(H,27,30)/b20-15-. The summed E-state index contributed by atoms with van der Waals surface area (Å²) in [4.78, 5) is 26.4. The van der Waals surface area contributed by atoms with Gasteiger partial charge in [-0.1, -0.05) is 31.4 Å². The van der Waals surface area contributed by atoms with Crippen molar-refractivity contribution in [1.29, 1.82) is 5.26 Å². The SMILES string of the molecule is Cc1cc(/C=C(/C#N)C(=O)Nc2ccccc2N2CCOC2=O)c(C)n1C1CCCCC1. The number of amides is 2. The van der Waals surface area contributed by atoms with Gasteiger partial charge in [-0.25, -0.2) is 4.79 Å². The Kier molecular flexibility index (Phi) is 6.31. The molecule has 1 aromatic carbocycles. The second-order valence-corrected chi connectivity index (χ2v) is 8.40. The van der Waals surface area contributed by atoms with E-state index < -0.39 is 12.0 Å². The number of nitriles is 1. The van der Waals surface area contributed by atoms with Crippen molar-refractivity contribution in [3.63, 3.8) is 0 Å². The molecule has 0 bridgehead atoms. The highest BCUT2D eigenvalue weighted by atomic mass is 16.6. The van der Waals surface area contributed by atoms with Gasteiger partial charge in [0.1, 0.15) is 18.2 Å². The molecule has 4 rings (SSSR count). The summed E-state index contributed by atoms with van der Waals surface area (Å²) in [6, 6.07) is 11.6. The van der Waals surface area contributed by atoms with Gasteiger partial charge in [-0.3, -0.25) is 9.69 Å². The maximum absolute atomic E-state index is 13.0. The van der Waals surface area contributed by atoms with Crippen LogP contribution in [0.4, 0.5) is 16.2 Å². The second kappa shape index (κ2) is 9.31. The summed E-state index contributed by atoms with van der Waals surface area (Å²) in [5.41, 5.74) is 4.15. The zero-order chi connectivity index (χ0) is 22.7. The van der Waals surface area contributed by atoms with E-state index in [1.54, 1.807) is 30.3 Å². The third-order valence-electron chi connectivity index (χ3n) is 6.33. The number of ether oxygens (including phenoxy) is 1. The molecule has 0 unspecified atom stereocenters. The Balaban J connectivity index is 1.58. The summed E-state index contributed by atoms with van der Waals surface area (Å²) in [5.74, 6) is -0.505. The molecular formula is C25H28N4O3. The van der Waals surface area contributed by atoms with Crippen molar-refractivity contribution in [2.24, 2.45) is 0 Å². The minimum Gasteiger partial charge on any atom is -0.447 e. The van der Waals surface area contributed by atoms with Crippen LogP contribution in [0.3, 0.4) is 0 Å². The lowest BCUT2D eigenvalue weighted by Gasteiger charge is -2.26. The molecule has 2 amide bonds. The van der Waals surface area contributed by atoms with Gasteiger partial charge in [-0.05, 0) is 56.5 Å². The fraction of sp³-hybridized carbons (Fsp3) is 0.400. The lowest BCUT2D eigenvalue weighted by Crippen LogP contribution is -2.25. The Hall–Kier alpha value is -3.53. The van der Waals surface area contributed by atoms with Gasteiger partial charge in [0.25, 0.3) is 5.91 Å². The molecule has 1 aromatic heterocycles. The number of nitrogens with zero attached hydrogens (tertiary/aromatic N) is 3. The van der Waals surface area contributed by atoms with E-state index in [0.717, 1.165) is 17.0 Å². The number of carbonyl (C=O) groups is 2. The molecule has 0 spiro atoms. The zero-order valence-electron chi connectivity index (χ0n) is 18.6. The van der Waals surface area contributed by atoms with Crippen molar-refractivity contribution < 1.29 is 14.3 Å². The molecule has 166 valence electrons. The number of para-hydroxylation sites is 2. The predicted molar refractivity (Wildman–Crippen MR) is 123 cm³/mol. The summed E-state index contributed by atoms with van der Waals surface area (Å²) in [7, 11) is 0. The monoisotopic (exact) mass is 432 g/mol. The number of nitrogens with one attached hydrogen (secondary N) is 1. The van der Waals surface area contributed by atoms with Crippen LogP contribution in [-0.2, 0) is 9.53 Å². The van der Waals surface area contributed by atoms with E-state index >= 15 is 0 Å². The molecular weight excluding hydrogens is 404 g/mol. The quantitative estimate of drug-likeness (QED) is 0.525. The van der Waals surface area contributed by atoms with Gasteiger partial charge >= 0.3 is 6.09 Å². The first kappa shape index (κ1) is 21.7. The number of benzene rings is 1. The van der Waals surface area contributed by atoms with Crippen LogP contribution >= 0.6 is 0 Å². The number of hydrogen-bond donors (Lipinski definition) is 1. The summed E-state index contributed by atoms with van der Waals surface area (Å²) >= 11 is 0. The van der Waals surface area contributed by atoms with Crippen molar-refractivity contribution in [2.75, 3.05) is 23.4 Å². The third-order valence-corrected chi connectivity index (χ3v) is 6.33. The lowest BCUT2D eigenvalue weighted by molar-refractivity contribution is -0.112. The van der Waals surface area contributed by atoms with E-state index in [1.807, 2.05) is 12.1 Å². The van der Waals surface area contributed by atoms with E-state index in [-0.39, 0.29) is 5.57 Å². The maximum Gasteiger partial charge on any atom is 0.414 e. The molecule has 7 heteroatoms. The second-order valence-electron chi connectivity index (χ2n) is 8.40. The summed E-state index contributed by atoms with van der Waals surface area (Å²) in [6.45, 7) is 4.85.